The number of benzene rings is 2. The summed E-state index contributed by atoms with van der Waals surface area (Å²) in [5.41, 5.74) is 1.79. The van der Waals surface area contributed by atoms with Crippen LogP contribution in [-0.2, 0) is 10.2 Å². The van der Waals surface area contributed by atoms with Gasteiger partial charge in [0.1, 0.15) is 5.75 Å². The Kier molecular flexibility index (Phi) is 6.65. The lowest BCUT2D eigenvalue weighted by molar-refractivity contribution is -0.118. The lowest BCUT2D eigenvalue weighted by Gasteiger charge is -2.23. The van der Waals surface area contributed by atoms with E-state index in [1.165, 1.54) is 4.90 Å². The summed E-state index contributed by atoms with van der Waals surface area (Å²) in [7, 11) is 3.34. The first-order valence-electron chi connectivity index (χ1n) is 8.63. The quantitative estimate of drug-likeness (QED) is 0.757. The standard InChI is InChI=1S/C21H25BrN2O3/c1-21(2,3)16-12-14(22)10-11-18(16)27-13-19(25)23-17-9-7-6-8-15(17)20(26)24(4)5/h6-12H,13H2,1-5H3,(H,23,25). The Bertz CT molecular complexity index is 842. The van der Waals surface area contributed by atoms with E-state index in [0.717, 1.165) is 10.0 Å². The average Bonchev–Trinajstić information content (AvgIpc) is 2.59. The highest BCUT2D eigenvalue weighted by atomic mass is 79.9. The molecule has 0 aliphatic heterocycles. The Morgan fingerprint density at radius 2 is 1.78 bits per heavy atom. The van der Waals surface area contributed by atoms with Crippen molar-refractivity contribution in [2.45, 2.75) is 26.2 Å². The zero-order valence-corrected chi connectivity index (χ0v) is 17.9. The number of ether oxygens (including phenoxy) is 1. The zero-order chi connectivity index (χ0) is 20.2. The fourth-order valence-electron chi connectivity index (χ4n) is 2.56. The maximum atomic E-state index is 12.4. The van der Waals surface area contributed by atoms with Gasteiger partial charge in [0.2, 0.25) is 0 Å². The van der Waals surface area contributed by atoms with Crippen molar-refractivity contribution in [1.29, 1.82) is 0 Å². The van der Waals surface area contributed by atoms with Crippen LogP contribution in [0.1, 0.15) is 36.7 Å². The number of para-hydroxylation sites is 1. The van der Waals surface area contributed by atoms with Crippen LogP contribution in [0, 0.1) is 0 Å². The van der Waals surface area contributed by atoms with E-state index in [2.05, 4.69) is 42.0 Å². The Hall–Kier alpha value is -2.34. The van der Waals surface area contributed by atoms with E-state index < -0.39 is 0 Å². The molecular weight excluding hydrogens is 408 g/mol. The second kappa shape index (κ2) is 8.57. The maximum absolute atomic E-state index is 12.4. The van der Waals surface area contributed by atoms with Gasteiger partial charge in [-0.05, 0) is 35.7 Å². The van der Waals surface area contributed by atoms with Crippen molar-refractivity contribution in [3.8, 4) is 5.75 Å². The molecule has 0 spiro atoms. The van der Waals surface area contributed by atoms with Crippen LogP contribution in [0.4, 0.5) is 5.69 Å². The molecule has 6 heteroatoms. The van der Waals surface area contributed by atoms with Crippen LogP contribution in [0.2, 0.25) is 0 Å². The predicted molar refractivity (Wildman–Crippen MR) is 111 cm³/mol. The van der Waals surface area contributed by atoms with Gasteiger partial charge in [-0.25, -0.2) is 0 Å². The van der Waals surface area contributed by atoms with Gasteiger partial charge in [-0.3, -0.25) is 9.59 Å². The first-order valence-corrected chi connectivity index (χ1v) is 9.42. The second-order valence-electron chi connectivity index (χ2n) is 7.47. The molecule has 2 rings (SSSR count). The van der Waals surface area contributed by atoms with E-state index in [-0.39, 0.29) is 23.8 Å². The molecule has 5 nitrogen and oxygen atoms in total. The van der Waals surface area contributed by atoms with Gasteiger partial charge in [-0.15, -0.1) is 0 Å². The van der Waals surface area contributed by atoms with Crippen LogP contribution in [0.15, 0.2) is 46.9 Å². The summed E-state index contributed by atoms with van der Waals surface area (Å²) in [6.07, 6.45) is 0. The molecule has 144 valence electrons. The topological polar surface area (TPSA) is 58.6 Å². The summed E-state index contributed by atoms with van der Waals surface area (Å²) >= 11 is 3.48. The number of hydrogen-bond acceptors (Lipinski definition) is 3. The minimum atomic E-state index is -0.322. The number of hydrogen-bond donors (Lipinski definition) is 1. The highest BCUT2D eigenvalue weighted by Gasteiger charge is 2.20. The molecule has 0 aliphatic rings. The third-order valence-corrected chi connectivity index (χ3v) is 4.44. The largest absolute Gasteiger partial charge is 0.483 e. The number of nitrogens with one attached hydrogen (secondary N) is 1. The molecule has 0 radical (unpaired) electrons. The lowest BCUT2D eigenvalue weighted by Crippen LogP contribution is -2.26. The molecule has 0 aliphatic carbocycles. The van der Waals surface area contributed by atoms with E-state index in [4.69, 9.17) is 4.74 Å². The van der Waals surface area contributed by atoms with Gasteiger partial charge in [0, 0.05) is 24.1 Å². The third-order valence-electron chi connectivity index (χ3n) is 3.95. The maximum Gasteiger partial charge on any atom is 0.262 e. The van der Waals surface area contributed by atoms with Crippen molar-refractivity contribution in [1.82, 2.24) is 4.90 Å². The number of anilines is 1. The van der Waals surface area contributed by atoms with Crippen molar-refractivity contribution in [2.24, 2.45) is 0 Å². The molecule has 0 atom stereocenters. The number of rotatable bonds is 5. The Labute approximate surface area is 168 Å². The molecule has 0 saturated carbocycles. The number of carbonyl (C=O) groups excluding carboxylic acids is 2. The fraction of sp³-hybridized carbons (Fsp3) is 0.333. The summed E-state index contributed by atoms with van der Waals surface area (Å²) < 4.78 is 6.73. The minimum Gasteiger partial charge on any atom is -0.483 e. The third kappa shape index (κ3) is 5.57. The predicted octanol–water partition coefficient (Wildman–Crippen LogP) is 4.47. The molecule has 0 unspecified atom stereocenters. The van der Waals surface area contributed by atoms with Crippen LogP contribution >= 0.6 is 15.9 Å². The fourth-order valence-corrected chi connectivity index (χ4v) is 2.92. The van der Waals surface area contributed by atoms with Crippen molar-refractivity contribution in [3.05, 3.63) is 58.1 Å². The van der Waals surface area contributed by atoms with E-state index in [1.54, 1.807) is 38.4 Å². The average molecular weight is 433 g/mol. The molecule has 0 bridgehead atoms. The molecule has 2 aromatic rings. The number of nitrogens with zero attached hydrogens (tertiary/aromatic N) is 1. The lowest BCUT2D eigenvalue weighted by atomic mass is 9.86. The minimum absolute atomic E-state index is 0.125. The smallest absolute Gasteiger partial charge is 0.262 e. The van der Waals surface area contributed by atoms with Gasteiger partial charge in [0.05, 0.1) is 11.3 Å². The zero-order valence-electron chi connectivity index (χ0n) is 16.3. The molecule has 2 aromatic carbocycles. The van der Waals surface area contributed by atoms with Crippen LogP contribution in [-0.4, -0.2) is 37.4 Å². The van der Waals surface area contributed by atoms with Crippen molar-refractivity contribution in [2.75, 3.05) is 26.0 Å². The van der Waals surface area contributed by atoms with Crippen LogP contribution in [0.25, 0.3) is 0 Å². The number of amides is 2. The first-order chi connectivity index (χ1) is 12.6. The SMILES string of the molecule is CN(C)C(=O)c1ccccc1NC(=O)COc1ccc(Br)cc1C(C)(C)C. The van der Waals surface area contributed by atoms with Crippen LogP contribution < -0.4 is 10.1 Å². The first kappa shape index (κ1) is 21.0. The van der Waals surface area contributed by atoms with Crippen LogP contribution in [0.5, 0.6) is 5.75 Å². The molecule has 1 N–H and O–H groups in total. The summed E-state index contributed by atoms with van der Waals surface area (Å²) in [5, 5.41) is 2.77. The summed E-state index contributed by atoms with van der Waals surface area (Å²) in [4.78, 5) is 26.1. The second-order valence-corrected chi connectivity index (χ2v) is 8.39. The number of carbonyl (C=O) groups is 2. The molecule has 0 saturated heterocycles. The molecule has 2 amide bonds. The highest BCUT2D eigenvalue weighted by molar-refractivity contribution is 9.10. The molecule has 0 heterocycles. The summed E-state index contributed by atoms with van der Waals surface area (Å²) in [6, 6.07) is 12.7. The molecular formula is C21H25BrN2O3. The van der Waals surface area contributed by atoms with E-state index in [1.807, 2.05) is 18.2 Å². The van der Waals surface area contributed by atoms with Crippen molar-refractivity contribution >= 4 is 33.4 Å². The Morgan fingerprint density at radius 1 is 1.11 bits per heavy atom. The monoisotopic (exact) mass is 432 g/mol. The van der Waals surface area contributed by atoms with Crippen molar-refractivity contribution < 1.29 is 14.3 Å². The highest BCUT2D eigenvalue weighted by Crippen LogP contribution is 2.33. The van der Waals surface area contributed by atoms with E-state index in [9.17, 15) is 9.59 Å². The van der Waals surface area contributed by atoms with Gasteiger partial charge >= 0.3 is 0 Å². The molecule has 0 aromatic heterocycles. The summed E-state index contributed by atoms with van der Waals surface area (Å²) in [6.45, 7) is 6.12. The van der Waals surface area contributed by atoms with Crippen molar-refractivity contribution in [3.63, 3.8) is 0 Å². The van der Waals surface area contributed by atoms with Crippen LogP contribution in [0.3, 0.4) is 0 Å². The number of halogens is 1. The van der Waals surface area contributed by atoms with Gasteiger partial charge < -0.3 is 15.0 Å². The van der Waals surface area contributed by atoms with Gasteiger partial charge in [-0.2, -0.15) is 0 Å². The van der Waals surface area contributed by atoms with E-state index >= 15 is 0 Å². The Balaban J connectivity index is 2.12. The van der Waals surface area contributed by atoms with Gasteiger partial charge in [-0.1, -0.05) is 48.8 Å². The van der Waals surface area contributed by atoms with E-state index in [0.29, 0.717) is 17.0 Å². The van der Waals surface area contributed by atoms with Gasteiger partial charge in [0.15, 0.2) is 6.61 Å². The Morgan fingerprint density at radius 3 is 2.41 bits per heavy atom. The normalized spacial score (nSPS) is 11.0. The summed E-state index contributed by atoms with van der Waals surface area (Å²) in [5.74, 6) is 0.171. The molecule has 27 heavy (non-hydrogen) atoms. The molecule has 0 fully saturated rings. The van der Waals surface area contributed by atoms with Gasteiger partial charge in [0.25, 0.3) is 11.8 Å².